The van der Waals surface area contributed by atoms with Gasteiger partial charge in [0.15, 0.2) is 0 Å². The van der Waals surface area contributed by atoms with E-state index >= 15 is 0 Å². The van der Waals surface area contributed by atoms with Crippen LogP contribution in [0.2, 0.25) is 0 Å². The van der Waals surface area contributed by atoms with Crippen molar-refractivity contribution in [3.05, 3.63) is 0 Å². The first-order valence-electron chi connectivity index (χ1n) is 6.88. The molecule has 2 unspecified atom stereocenters. The lowest BCUT2D eigenvalue weighted by atomic mass is 9.91. The van der Waals surface area contributed by atoms with Gasteiger partial charge in [0.05, 0.1) is 5.92 Å². The maximum absolute atomic E-state index is 11.9. The molecule has 1 fully saturated rings. The molecule has 1 aliphatic heterocycles. The fourth-order valence-corrected chi connectivity index (χ4v) is 2.38. The predicted octanol–water partition coefficient (Wildman–Crippen LogP) is 0.690. The Labute approximate surface area is 105 Å². The van der Waals surface area contributed by atoms with E-state index in [1.807, 2.05) is 0 Å². The van der Waals surface area contributed by atoms with Crippen LogP contribution in [-0.4, -0.2) is 50.1 Å². The quantitative estimate of drug-likeness (QED) is 0.719. The minimum Gasteiger partial charge on any atom is -0.355 e. The zero-order valence-corrected chi connectivity index (χ0v) is 11.5. The van der Waals surface area contributed by atoms with E-state index in [9.17, 15) is 4.79 Å². The first kappa shape index (κ1) is 14.5. The second-order valence-corrected chi connectivity index (χ2v) is 5.01. The van der Waals surface area contributed by atoms with Gasteiger partial charge in [0.2, 0.25) is 5.91 Å². The third kappa shape index (κ3) is 5.04. The average Bonchev–Trinajstić information content (AvgIpc) is 2.34. The Bertz CT molecular complexity index is 229. The number of nitrogens with zero attached hydrogens (tertiary/aromatic N) is 1. The third-order valence-electron chi connectivity index (χ3n) is 3.56. The molecule has 1 aliphatic rings. The lowest BCUT2D eigenvalue weighted by Gasteiger charge is -2.27. The van der Waals surface area contributed by atoms with Crippen LogP contribution in [0.15, 0.2) is 0 Å². The summed E-state index contributed by atoms with van der Waals surface area (Å²) < 4.78 is 0. The monoisotopic (exact) mass is 241 g/mol. The van der Waals surface area contributed by atoms with E-state index in [0.29, 0.717) is 5.92 Å². The van der Waals surface area contributed by atoms with Gasteiger partial charge in [-0.1, -0.05) is 20.8 Å². The molecular weight excluding hydrogens is 214 g/mol. The van der Waals surface area contributed by atoms with Gasteiger partial charge >= 0.3 is 0 Å². The Morgan fingerprint density at radius 2 is 2.06 bits per heavy atom. The van der Waals surface area contributed by atoms with E-state index in [-0.39, 0.29) is 11.8 Å². The Kier molecular flexibility index (Phi) is 6.52. The lowest BCUT2D eigenvalue weighted by Crippen LogP contribution is -2.45. The molecule has 0 aromatic rings. The molecule has 0 aliphatic carbocycles. The Morgan fingerprint density at radius 1 is 1.35 bits per heavy atom. The minimum atomic E-state index is 0.162. The van der Waals surface area contributed by atoms with Crippen LogP contribution in [0, 0.1) is 11.8 Å². The van der Waals surface area contributed by atoms with Crippen molar-refractivity contribution in [2.24, 2.45) is 11.8 Å². The van der Waals surface area contributed by atoms with Gasteiger partial charge < -0.3 is 15.5 Å². The highest BCUT2D eigenvalue weighted by Crippen LogP contribution is 2.15. The molecule has 1 rings (SSSR count). The summed E-state index contributed by atoms with van der Waals surface area (Å²) in [7, 11) is 0. The van der Waals surface area contributed by atoms with E-state index < -0.39 is 0 Å². The number of carbonyl (C=O) groups is 1. The number of carbonyl (C=O) groups excluding carboxylic acids is 1. The Morgan fingerprint density at radius 3 is 2.65 bits per heavy atom. The van der Waals surface area contributed by atoms with Crippen molar-refractivity contribution in [2.75, 3.05) is 39.3 Å². The molecule has 4 heteroatoms. The van der Waals surface area contributed by atoms with Crippen LogP contribution in [0.4, 0.5) is 0 Å². The normalized spacial score (nSPS) is 24.9. The SMILES string of the molecule is CCN(CC)CCNC(=O)C1CNCC(C)C1. The van der Waals surface area contributed by atoms with E-state index in [0.717, 1.165) is 45.7 Å². The van der Waals surface area contributed by atoms with Crippen LogP contribution in [0.1, 0.15) is 27.2 Å². The zero-order valence-electron chi connectivity index (χ0n) is 11.5. The van der Waals surface area contributed by atoms with Gasteiger partial charge in [0.25, 0.3) is 0 Å². The number of likely N-dealkylation sites (N-methyl/N-ethyl adjacent to an activating group) is 1. The summed E-state index contributed by atoms with van der Waals surface area (Å²) in [5.41, 5.74) is 0. The fourth-order valence-electron chi connectivity index (χ4n) is 2.38. The van der Waals surface area contributed by atoms with Crippen LogP contribution in [0.3, 0.4) is 0 Å². The highest BCUT2D eigenvalue weighted by atomic mass is 16.1. The highest BCUT2D eigenvalue weighted by molar-refractivity contribution is 5.79. The fraction of sp³-hybridized carbons (Fsp3) is 0.923. The highest BCUT2D eigenvalue weighted by Gasteiger charge is 2.24. The number of amides is 1. The Balaban J connectivity index is 2.20. The van der Waals surface area contributed by atoms with Gasteiger partial charge in [-0.2, -0.15) is 0 Å². The molecule has 1 saturated heterocycles. The summed E-state index contributed by atoms with van der Waals surface area (Å²) in [6, 6.07) is 0. The summed E-state index contributed by atoms with van der Waals surface area (Å²) in [6.45, 7) is 12.2. The molecule has 1 heterocycles. The molecule has 100 valence electrons. The first-order chi connectivity index (χ1) is 8.17. The number of nitrogens with one attached hydrogen (secondary N) is 2. The molecular formula is C13H27N3O. The van der Waals surface area contributed by atoms with E-state index in [2.05, 4.69) is 36.3 Å². The molecule has 0 radical (unpaired) electrons. The van der Waals surface area contributed by atoms with Crippen molar-refractivity contribution in [3.8, 4) is 0 Å². The van der Waals surface area contributed by atoms with Crippen LogP contribution >= 0.6 is 0 Å². The number of rotatable bonds is 6. The molecule has 0 aromatic carbocycles. The standard InChI is InChI=1S/C13H27N3O/c1-4-16(5-2)7-6-15-13(17)12-8-11(3)9-14-10-12/h11-12,14H,4-10H2,1-3H3,(H,15,17). The van der Waals surface area contributed by atoms with E-state index in [1.165, 1.54) is 0 Å². The van der Waals surface area contributed by atoms with Crippen molar-refractivity contribution in [1.82, 2.24) is 15.5 Å². The van der Waals surface area contributed by atoms with Crippen LogP contribution in [-0.2, 0) is 4.79 Å². The van der Waals surface area contributed by atoms with Gasteiger partial charge in [0, 0.05) is 19.6 Å². The van der Waals surface area contributed by atoms with Crippen molar-refractivity contribution in [3.63, 3.8) is 0 Å². The lowest BCUT2D eigenvalue weighted by molar-refractivity contribution is -0.125. The van der Waals surface area contributed by atoms with Gasteiger partial charge in [-0.3, -0.25) is 4.79 Å². The number of piperidine rings is 1. The molecule has 0 spiro atoms. The number of hydrogen-bond acceptors (Lipinski definition) is 3. The van der Waals surface area contributed by atoms with Crippen molar-refractivity contribution >= 4 is 5.91 Å². The summed E-state index contributed by atoms with van der Waals surface area (Å²) in [4.78, 5) is 14.3. The molecule has 4 nitrogen and oxygen atoms in total. The van der Waals surface area contributed by atoms with Crippen molar-refractivity contribution in [2.45, 2.75) is 27.2 Å². The smallest absolute Gasteiger partial charge is 0.224 e. The maximum atomic E-state index is 11.9. The Hall–Kier alpha value is -0.610. The predicted molar refractivity (Wildman–Crippen MR) is 70.9 cm³/mol. The van der Waals surface area contributed by atoms with Crippen molar-refractivity contribution in [1.29, 1.82) is 0 Å². The third-order valence-corrected chi connectivity index (χ3v) is 3.56. The summed E-state index contributed by atoms with van der Waals surface area (Å²) >= 11 is 0. The molecule has 2 atom stereocenters. The zero-order chi connectivity index (χ0) is 12.7. The van der Waals surface area contributed by atoms with Gasteiger partial charge in [-0.15, -0.1) is 0 Å². The molecule has 0 saturated carbocycles. The molecule has 0 aromatic heterocycles. The number of hydrogen-bond donors (Lipinski definition) is 2. The minimum absolute atomic E-state index is 0.162. The van der Waals surface area contributed by atoms with E-state index in [4.69, 9.17) is 0 Å². The summed E-state index contributed by atoms with van der Waals surface area (Å²) in [5.74, 6) is 0.994. The average molecular weight is 241 g/mol. The molecule has 17 heavy (non-hydrogen) atoms. The first-order valence-corrected chi connectivity index (χ1v) is 6.88. The summed E-state index contributed by atoms with van der Waals surface area (Å²) in [5, 5.41) is 6.37. The molecule has 0 bridgehead atoms. The van der Waals surface area contributed by atoms with Crippen LogP contribution in [0.25, 0.3) is 0 Å². The van der Waals surface area contributed by atoms with Gasteiger partial charge in [0.1, 0.15) is 0 Å². The topological polar surface area (TPSA) is 44.4 Å². The summed E-state index contributed by atoms with van der Waals surface area (Å²) in [6.07, 6.45) is 1.02. The van der Waals surface area contributed by atoms with Gasteiger partial charge in [-0.25, -0.2) is 0 Å². The second-order valence-electron chi connectivity index (χ2n) is 5.01. The molecule has 1 amide bonds. The van der Waals surface area contributed by atoms with E-state index in [1.54, 1.807) is 0 Å². The largest absolute Gasteiger partial charge is 0.355 e. The van der Waals surface area contributed by atoms with Crippen LogP contribution in [0.5, 0.6) is 0 Å². The second kappa shape index (κ2) is 7.67. The van der Waals surface area contributed by atoms with Gasteiger partial charge in [-0.05, 0) is 32.0 Å². The van der Waals surface area contributed by atoms with Crippen molar-refractivity contribution < 1.29 is 4.79 Å². The van der Waals surface area contributed by atoms with Crippen LogP contribution < -0.4 is 10.6 Å². The molecule has 2 N–H and O–H groups in total. The maximum Gasteiger partial charge on any atom is 0.224 e.